The van der Waals surface area contributed by atoms with Crippen LogP contribution in [-0.2, 0) is 32.3 Å². The van der Waals surface area contributed by atoms with E-state index in [1.807, 2.05) is 16.9 Å². The summed E-state index contributed by atoms with van der Waals surface area (Å²) in [4.78, 5) is 12.7. The molecular formula is C22H19N7O5S3. The lowest BCUT2D eigenvalue weighted by Crippen LogP contribution is -2.30. The van der Waals surface area contributed by atoms with Gasteiger partial charge in [0.1, 0.15) is 11.3 Å². The number of sulfone groups is 1. The molecule has 12 nitrogen and oxygen atoms in total. The molecule has 0 fully saturated rings. The summed E-state index contributed by atoms with van der Waals surface area (Å²) < 4.78 is 58.2. The highest BCUT2D eigenvalue weighted by Crippen LogP contribution is 2.38. The van der Waals surface area contributed by atoms with Crippen LogP contribution < -0.4 is 9.86 Å². The van der Waals surface area contributed by atoms with Gasteiger partial charge in [-0.1, -0.05) is 36.4 Å². The van der Waals surface area contributed by atoms with E-state index in [0.29, 0.717) is 11.1 Å². The monoisotopic (exact) mass is 557 g/mol. The van der Waals surface area contributed by atoms with Crippen molar-refractivity contribution in [3.05, 3.63) is 89.6 Å². The molecule has 3 heterocycles. The molecule has 5 rings (SSSR count). The summed E-state index contributed by atoms with van der Waals surface area (Å²) in [7, 11) is -7.97. The first-order valence-corrected chi connectivity index (χ1v) is 14.8. The molecule has 1 atom stereocenters. The maximum absolute atomic E-state index is 13.7. The number of nitrogens with two attached hydrogens (primary N) is 1. The molecule has 37 heavy (non-hydrogen) atoms. The summed E-state index contributed by atoms with van der Waals surface area (Å²) in [6, 6.07) is 14.2. The van der Waals surface area contributed by atoms with E-state index in [1.165, 1.54) is 17.7 Å². The Morgan fingerprint density at radius 3 is 2.46 bits per heavy atom. The SMILES string of the molecule is NS(=O)(=O)NCc1nnc(C(c2nc3ccc(-c4cncnc4)cc3s2)S(=O)(=O)Cc2ccccc2)o1. The van der Waals surface area contributed by atoms with Crippen molar-refractivity contribution in [3.8, 4) is 11.1 Å². The first-order chi connectivity index (χ1) is 17.7. The summed E-state index contributed by atoms with van der Waals surface area (Å²) in [5.41, 5.74) is 2.82. The molecule has 0 amide bonds. The second-order valence-electron chi connectivity index (χ2n) is 7.93. The van der Waals surface area contributed by atoms with Crippen LogP contribution in [0.4, 0.5) is 0 Å². The number of hydrogen-bond acceptors (Lipinski definition) is 11. The average Bonchev–Trinajstić information content (AvgIpc) is 3.49. The number of rotatable bonds is 9. The molecule has 0 radical (unpaired) electrons. The Morgan fingerprint density at radius 2 is 1.73 bits per heavy atom. The average molecular weight is 558 g/mol. The van der Waals surface area contributed by atoms with Crippen LogP contribution in [-0.4, -0.2) is 42.0 Å². The standard InChI is InChI=1S/C22H19N7O5S3/c23-37(32,33)26-11-19-28-29-21(34-19)20(36(30,31)12-14-4-2-1-3-5-14)22-27-17-7-6-15(8-18(17)35-22)16-9-24-13-25-10-16/h1-10,13,20,26H,11-12H2,(H2,23,32,33). The van der Waals surface area contributed by atoms with Crippen molar-refractivity contribution in [2.75, 3.05) is 0 Å². The van der Waals surface area contributed by atoms with Crippen molar-refractivity contribution in [2.24, 2.45) is 5.14 Å². The zero-order valence-corrected chi connectivity index (χ0v) is 21.4. The van der Waals surface area contributed by atoms with Gasteiger partial charge in [-0.15, -0.1) is 21.5 Å². The predicted molar refractivity (Wildman–Crippen MR) is 136 cm³/mol. The molecule has 0 saturated heterocycles. The van der Waals surface area contributed by atoms with Gasteiger partial charge in [0, 0.05) is 18.0 Å². The molecule has 0 aliphatic rings. The highest BCUT2D eigenvalue weighted by atomic mass is 32.2. The summed E-state index contributed by atoms with van der Waals surface area (Å²) in [6.07, 6.45) is 4.80. The molecule has 0 spiro atoms. The Morgan fingerprint density at radius 1 is 0.973 bits per heavy atom. The van der Waals surface area contributed by atoms with Crippen LogP contribution >= 0.6 is 11.3 Å². The molecule has 190 valence electrons. The summed E-state index contributed by atoms with van der Waals surface area (Å²) in [5.74, 6) is -0.664. The number of benzene rings is 2. The fraction of sp³-hybridized carbons (Fsp3) is 0.136. The molecule has 15 heteroatoms. The van der Waals surface area contributed by atoms with Crippen molar-refractivity contribution in [1.29, 1.82) is 0 Å². The van der Waals surface area contributed by atoms with Gasteiger partial charge in [0.15, 0.2) is 15.1 Å². The van der Waals surface area contributed by atoms with Gasteiger partial charge in [-0.05, 0) is 23.3 Å². The van der Waals surface area contributed by atoms with Crippen LogP contribution in [0.15, 0.2) is 71.7 Å². The second kappa shape index (κ2) is 10.0. The first-order valence-electron chi connectivity index (χ1n) is 10.7. The fourth-order valence-electron chi connectivity index (χ4n) is 3.59. The zero-order valence-electron chi connectivity index (χ0n) is 18.9. The fourth-order valence-corrected chi connectivity index (χ4v) is 7.07. The lowest BCUT2D eigenvalue weighted by atomic mass is 10.1. The molecule has 1 unspecified atom stereocenters. The lowest BCUT2D eigenvalue weighted by Gasteiger charge is -2.12. The van der Waals surface area contributed by atoms with Crippen molar-refractivity contribution >= 4 is 41.6 Å². The smallest absolute Gasteiger partial charge is 0.274 e. The third kappa shape index (κ3) is 5.86. The number of nitrogens with one attached hydrogen (secondary N) is 1. The van der Waals surface area contributed by atoms with Crippen molar-refractivity contribution < 1.29 is 21.3 Å². The van der Waals surface area contributed by atoms with Gasteiger partial charge >= 0.3 is 0 Å². The van der Waals surface area contributed by atoms with Gasteiger partial charge in [0.2, 0.25) is 11.8 Å². The Bertz CT molecular complexity index is 1760. The molecule has 0 aliphatic heterocycles. The number of thiazole rings is 1. The van der Waals surface area contributed by atoms with Gasteiger partial charge in [-0.25, -0.2) is 28.5 Å². The van der Waals surface area contributed by atoms with E-state index in [2.05, 4.69) is 25.1 Å². The Balaban J connectivity index is 1.56. The largest absolute Gasteiger partial charge is 0.422 e. The molecular weight excluding hydrogens is 538 g/mol. The number of hydrogen-bond donors (Lipinski definition) is 2. The van der Waals surface area contributed by atoms with Crippen LogP contribution in [0.2, 0.25) is 0 Å². The lowest BCUT2D eigenvalue weighted by molar-refractivity contribution is 0.443. The van der Waals surface area contributed by atoms with E-state index >= 15 is 0 Å². The number of fused-ring (bicyclic) bond motifs is 1. The molecule has 2 aromatic carbocycles. The number of nitrogens with zero attached hydrogens (tertiary/aromatic N) is 5. The third-order valence-electron chi connectivity index (χ3n) is 5.22. The Labute approximate surface area is 215 Å². The molecule has 3 N–H and O–H groups in total. The van der Waals surface area contributed by atoms with Crippen LogP contribution in [0.3, 0.4) is 0 Å². The van der Waals surface area contributed by atoms with E-state index < -0.39 is 25.3 Å². The van der Waals surface area contributed by atoms with Gasteiger partial charge in [0.05, 0.1) is 22.5 Å². The summed E-state index contributed by atoms with van der Waals surface area (Å²) in [5, 5.41) is 11.5. The van der Waals surface area contributed by atoms with Crippen LogP contribution in [0, 0.1) is 0 Å². The third-order valence-corrected chi connectivity index (χ3v) is 8.88. The normalized spacial score (nSPS) is 13.1. The van der Waals surface area contributed by atoms with Gasteiger partial charge < -0.3 is 4.42 Å². The van der Waals surface area contributed by atoms with Crippen molar-refractivity contribution in [2.45, 2.75) is 17.5 Å². The molecule has 5 aromatic rings. The minimum atomic E-state index is -4.01. The topological polar surface area (TPSA) is 184 Å². The van der Waals surface area contributed by atoms with Crippen LogP contribution in [0.5, 0.6) is 0 Å². The maximum Gasteiger partial charge on any atom is 0.274 e. The number of aromatic nitrogens is 5. The maximum atomic E-state index is 13.7. The summed E-state index contributed by atoms with van der Waals surface area (Å²) >= 11 is 1.18. The van der Waals surface area contributed by atoms with E-state index in [9.17, 15) is 16.8 Å². The van der Waals surface area contributed by atoms with Crippen molar-refractivity contribution in [3.63, 3.8) is 0 Å². The van der Waals surface area contributed by atoms with Crippen molar-refractivity contribution in [1.82, 2.24) is 29.9 Å². The van der Waals surface area contributed by atoms with Crippen LogP contribution in [0.1, 0.15) is 27.6 Å². The predicted octanol–water partition coefficient (Wildman–Crippen LogP) is 2.13. The molecule has 0 saturated carbocycles. The van der Waals surface area contributed by atoms with Gasteiger partial charge in [-0.2, -0.15) is 13.1 Å². The van der Waals surface area contributed by atoms with E-state index in [1.54, 1.807) is 48.8 Å². The molecule has 3 aromatic heterocycles. The van der Waals surface area contributed by atoms with E-state index in [0.717, 1.165) is 15.8 Å². The first kappa shape index (κ1) is 25.0. The quantitative estimate of drug-likeness (QED) is 0.272. The Hall–Kier alpha value is -3.63. The minimum Gasteiger partial charge on any atom is -0.422 e. The minimum absolute atomic E-state index is 0.142. The van der Waals surface area contributed by atoms with E-state index in [-0.39, 0.29) is 29.1 Å². The molecule has 0 bridgehead atoms. The van der Waals surface area contributed by atoms with Crippen LogP contribution in [0.25, 0.3) is 21.3 Å². The second-order valence-corrected chi connectivity index (χ2v) is 12.5. The highest BCUT2D eigenvalue weighted by molar-refractivity contribution is 7.91. The molecule has 0 aliphatic carbocycles. The Kier molecular flexibility index (Phi) is 6.78. The summed E-state index contributed by atoms with van der Waals surface area (Å²) in [6.45, 7) is -0.389. The van der Waals surface area contributed by atoms with Gasteiger partial charge in [0.25, 0.3) is 10.2 Å². The van der Waals surface area contributed by atoms with E-state index in [4.69, 9.17) is 9.56 Å². The zero-order chi connectivity index (χ0) is 26.0. The highest BCUT2D eigenvalue weighted by Gasteiger charge is 2.37. The van der Waals surface area contributed by atoms with Gasteiger partial charge in [-0.3, -0.25) is 0 Å².